The molecule has 2 saturated carbocycles. The standard InChI is InChI=1S/C16H23F2NO2S/c1-2-20-14-8-13(16(14)6-3-7-16)19-9-11-4-5-12(21-11)10-22-15(17)18/h4-5,13-15,19H,2-3,6-10H2,1H3/t13-,14+/m0/s1. The third-order valence-corrected chi connectivity index (χ3v) is 5.73. The highest BCUT2D eigenvalue weighted by atomic mass is 32.2. The summed E-state index contributed by atoms with van der Waals surface area (Å²) in [6, 6.07) is 4.15. The van der Waals surface area contributed by atoms with E-state index in [4.69, 9.17) is 9.15 Å². The largest absolute Gasteiger partial charge is 0.464 e. The molecule has 1 aromatic heterocycles. The van der Waals surface area contributed by atoms with E-state index in [0.29, 0.717) is 41.6 Å². The summed E-state index contributed by atoms with van der Waals surface area (Å²) in [7, 11) is 0. The van der Waals surface area contributed by atoms with Gasteiger partial charge in [-0.15, -0.1) is 0 Å². The summed E-state index contributed by atoms with van der Waals surface area (Å²) in [4.78, 5) is 0. The molecule has 22 heavy (non-hydrogen) atoms. The van der Waals surface area contributed by atoms with E-state index in [0.717, 1.165) is 18.8 Å². The van der Waals surface area contributed by atoms with E-state index in [-0.39, 0.29) is 5.75 Å². The smallest absolute Gasteiger partial charge is 0.284 e. The lowest BCUT2D eigenvalue weighted by Gasteiger charge is -2.61. The van der Waals surface area contributed by atoms with Crippen molar-refractivity contribution in [1.29, 1.82) is 0 Å². The average molecular weight is 331 g/mol. The van der Waals surface area contributed by atoms with Gasteiger partial charge in [-0.25, -0.2) is 0 Å². The molecule has 0 radical (unpaired) electrons. The van der Waals surface area contributed by atoms with Crippen molar-refractivity contribution in [2.24, 2.45) is 5.41 Å². The predicted molar refractivity (Wildman–Crippen MR) is 82.9 cm³/mol. The van der Waals surface area contributed by atoms with Crippen LogP contribution in [0.2, 0.25) is 0 Å². The maximum atomic E-state index is 12.2. The van der Waals surface area contributed by atoms with Crippen molar-refractivity contribution >= 4 is 11.8 Å². The molecule has 2 fully saturated rings. The highest BCUT2D eigenvalue weighted by Gasteiger charge is 2.58. The third-order valence-electron chi connectivity index (χ3n) is 5.03. The number of halogens is 2. The van der Waals surface area contributed by atoms with Crippen LogP contribution < -0.4 is 5.32 Å². The molecule has 3 rings (SSSR count). The van der Waals surface area contributed by atoms with Crippen molar-refractivity contribution in [3.8, 4) is 0 Å². The molecule has 0 aromatic carbocycles. The van der Waals surface area contributed by atoms with Crippen LogP contribution in [-0.2, 0) is 17.0 Å². The number of thioether (sulfide) groups is 1. The van der Waals surface area contributed by atoms with E-state index in [2.05, 4.69) is 12.2 Å². The summed E-state index contributed by atoms with van der Waals surface area (Å²) in [6.45, 7) is 3.49. The summed E-state index contributed by atoms with van der Waals surface area (Å²) in [5.74, 6) is -0.701. The zero-order valence-electron chi connectivity index (χ0n) is 12.8. The zero-order valence-corrected chi connectivity index (χ0v) is 13.6. The Morgan fingerprint density at radius 2 is 2.18 bits per heavy atom. The van der Waals surface area contributed by atoms with Crippen LogP contribution in [0, 0.1) is 5.41 Å². The molecule has 1 aromatic rings. The van der Waals surface area contributed by atoms with Crippen LogP contribution in [0.3, 0.4) is 0 Å². The fourth-order valence-electron chi connectivity index (χ4n) is 3.69. The van der Waals surface area contributed by atoms with Crippen LogP contribution in [-0.4, -0.2) is 24.5 Å². The number of alkyl halides is 2. The summed E-state index contributed by atoms with van der Waals surface area (Å²) < 4.78 is 35.8. The molecule has 2 aliphatic carbocycles. The maximum absolute atomic E-state index is 12.2. The fraction of sp³-hybridized carbons (Fsp3) is 0.750. The molecule has 0 unspecified atom stereocenters. The highest BCUT2D eigenvalue weighted by molar-refractivity contribution is 7.98. The first kappa shape index (κ1) is 16.3. The molecule has 0 amide bonds. The van der Waals surface area contributed by atoms with Gasteiger partial charge in [-0.2, -0.15) is 8.78 Å². The summed E-state index contributed by atoms with van der Waals surface area (Å²) in [5.41, 5.74) is 0.330. The van der Waals surface area contributed by atoms with Crippen LogP contribution in [0.5, 0.6) is 0 Å². The SMILES string of the molecule is CCO[C@@H]1C[C@H](NCc2ccc(CSC(F)F)o2)C12CCC2. The first-order valence-electron chi connectivity index (χ1n) is 7.96. The maximum Gasteiger partial charge on any atom is 0.284 e. The summed E-state index contributed by atoms with van der Waals surface area (Å²) >= 11 is 0.592. The van der Waals surface area contributed by atoms with Crippen LogP contribution >= 0.6 is 11.8 Å². The third kappa shape index (κ3) is 3.19. The number of rotatable bonds is 8. The molecule has 2 aliphatic rings. The second kappa shape index (κ2) is 6.89. The Hall–Kier alpha value is -0.590. The Labute approximate surface area is 134 Å². The van der Waals surface area contributed by atoms with Gasteiger partial charge in [0.05, 0.1) is 18.4 Å². The molecule has 1 N–H and O–H groups in total. The molecule has 2 atom stereocenters. The summed E-state index contributed by atoms with van der Waals surface area (Å²) in [5, 5.41) is 3.57. The quantitative estimate of drug-likeness (QED) is 0.775. The monoisotopic (exact) mass is 331 g/mol. The van der Waals surface area contributed by atoms with Crippen LogP contribution in [0.4, 0.5) is 8.78 Å². The first-order valence-corrected chi connectivity index (χ1v) is 9.01. The van der Waals surface area contributed by atoms with Crippen molar-refractivity contribution in [1.82, 2.24) is 5.32 Å². The van der Waals surface area contributed by atoms with Gasteiger partial charge in [-0.1, -0.05) is 18.2 Å². The molecular weight excluding hydrogens is 308 g/mol. The van der Waals surface area contributed by atoms with Crippen LogP contribution in [0.25, 0.3) is 0 Å². The normalized spacial score (nSPS) is 26.2. The van der Waals surface area contributed by atoms with Gasteiger partial charge in [0.15, 0.2) is 0 Å². The zero-order chi connectivity index (χ0) is 15.6. The highest BCUT2D eigenvalue weighted by Crippen LogP contribution is 2.57. The van der Waals surface area contributed by atoms with Crippen molar-refractivity contribution in [3.05, 3.63) is 23.7 Å². The molecule has 6 heteroatoms. The Morgan fingerprint density at radius 1 is 1.41 bits per heavy atom. The van der Waals surface area contributed by atoms with E-state index in [1.807, 2.05) is 6.07 Å². The molecular formula is C16H23F2NO2S. The van der Waals surface area contributed by atoms with Gasteiger partial charge < -0.3 is 14.5 Å². The Kier molecular flexibility index (Phi) is 5.10. The fourth-order valence-corrected chi connectivity index (χ4v) is 4.13. The topological polar surface area (TPSA) is 34.4 Å². The van der Waals surface area contributed by atoms with Gasteiger partial charge in [-0.05, 0) is 38.3 Å². The van der Waals surface area contributed by atoms with Gasteiger partial charge in [0.2, 0.25) is 0 Å². The van der Waals surface area contributed by atoms with Gasteiger partial charge in [0.25, 0.3) is 5.76 Å². The second-order valence-electron chi connectivity index (χ2n) is 6.14. The number of hydrogen-bond donors (Lipinski definition) is 1. The molecule has 0 bridgehead atoms. The minimum absolute atomic E-state index is 0.220. The Balaban J connectivity index is 1.47. The van der Waals surface area contributed by atoms with Crippen molar-refractivity contribution in [2.45, 2.75) is 62.8 Å². The molecule has 1 heterocycles. The second-order valence-corrected chi connectivity index (χ2v) is 7.12. The van der Waals surface area contributed by atoms with Gasteiger partial charge in [0, 0.05) is 18.1 Å². The van der Waals surface area contributed by atoms with Crippen LogP contribution in [0.15, 0.2) is 16.5 Å². The van der Waals surface area contributed by atoms with E-state index in [1.165, 1.54) is 19.3 Å². The van der Waals surface area contributed by atoms with E-state index in [1.54, 1.807) is 6.07 Å². The van der Waals surface area contributed by atoms with Crippen molar-refractivity contribution < 1.29 is 17.9 Å². The predicted octanol–water partition coefficient (Wildman–Crippen LogP) is 4.17. The number of ether oxygens (including phenoxy) is 1. The van der Waals surface area contributed by atoms with Gasteiger partial charge in [0.1, 0.15) is 11.5 Å². The average Bonchev–Trinajstić information content (AvgIpc) is 2.85. The van der Waals surface area contributed by atoms with E-state index < -0.39 is 5.76 Å². The number of hydrogen-bond acceptors (Lipinski definition) is 4. The summed E-state index contributed by atoms with van der Waals surface area (Å²) in [6.07, 6.45) is 5.23. The van der Waals surface area contributed by atoms with E-state index in [9.17, 15) is 8.78 Å². The Morgan fingerprint density at radius 3 is 2.82 bits per heavy atom. The molecule has 124 valence electrons. The number of furan rings is 1. The lowest BCUT2D eigenvalue weighted by Crippen LogP contribution is -2.66. The minimum Gasteiger partial charge on any atom is -0.464 e. The van der Waals surface area contributed by atoms with Gasteiger partial charge >= 0.3 is 0 Å². The number of nitrogens with one attached hydrogen (secondary N) is 1. The lowest BCUT2D eigenvalue weighted by molar-refractivity contribution is -0.173. The first-order chi connectivity index (χ1) is 10.6. The van der Waals surface area contributed by atoms with Crippen molar-refractivity contribution in [2.75, 3.05) is 6.61 Å². The van der Waals surface area contributed by atoms with Crippen molar-refractivity contribution in [3.63, 3.8) is 0 Å². The molecule has 3 nitrogen and oxygen atoms in total. The minimum atomic E-state index is -2.35. The molecule has 0 saturated heterocycles. The lowest BCUT2D eigenvalue weighted by atomic mass is 9.51. The Bertz CT molecular complexity index is 490. The molecule has 1 spiro atoms. The molecule has 0 aliphatic heterocycles. The van der Waals surface area contributed by atoms with Crippen LogP contribution in [0.1, 0.15) is 44.1 Å². The van der Waals surface area contributed by atoms with E-state index >= 15 is 0 Å². The van der Waals surface area contributed by atoms with Gasteiger partial charge in [-0.3, -0.25) is 0 Å².